The van der Waals surface area contributed by atoms with Gasteiger partial charge in [0.25, 0.3) is 11.8 Å². The maximum absolute atomic E-state index is 11.8. The van der Waals surface area contributed by atoms with Gasteiger partial charge in [-0.2, -0.15) is 0 Å². The molecule has 0 aliphatic rings. The Hall–Kier alpha value is -2.53. The number of nitrogens with one attached hydrogen (secondary N) is 2. The van der Waals surface area contributed by atoms with Crippen LogP contribution in [-0.2, 0) is 4.79 Å². The molecule has 0 atom stereocenters. The van der Waals surface area contributed by atoms with Crippen LogP contribution in [0.1, 0.15) is 21.5 Å². The SMILES string of the molecule is Cc1ccc(C)c(OCC(=O)NNC(=O)c2ccc(Cl)cc2)c1. The van der Waals surface area contributed by atoms with E-state index in [1.54, 1.807) is 24.3 Å². The number of carbonyl (C=O) groups excluding carboxylic acids is 2. The fourth-order valence-electron chi connectivity index (χ4n) is 1.84. The fraction of sp³-hybridized carbons (Fsp3) is 0.176. The van der Waals surface area contributed by atoms with E-state index in [1.165, 1.54) is 0 Å². The van der Waals surface area contributed by atoms with Gasteiger partial charge in [0.1, 0.15) is 5.75 Å². The van der Waals surface area contributed by atoms with Gasteiger partial charge < -0.3 is 4.74 Å². The normalized spacial score (nSPS) is 10.0. The highest BCUT2D eigenvalue weighted by Crippen LogP contribution is 2.18. The van der Waals surface area contributed by atoms with Crippen LogP contribution in [0.25, 0.3) is 0 Å². The van der Waals surface area contributed by atoms with E-state index in [1.807, 2.05) is 32.0 Å². The zero-order chi connectivity index (χ0) is 16.8. The van der Waals surface area contributed by atoms with Crippen LogP contribution in [0.4, 0.5) is 0 Å². The number of ether oxygens (including phenoxy) is 1. The first kappa shape index (κ1) is 16.8. The minimum atomic E-state index is -0.451. The van der Waals surface area contributed by atoms with E-state index in [-0.39, 0.29) is 6.61 Å². The molecule has 120 valence electrons. The summed E-state index contributed by atoms with van der Waals surface area (Å²) in [6.07, 6.45) is 0. The number of rotatable bonds is 4. The smallest absolute Gasteiger partial charge is 0.276 e. The predicted molar refractivity (Wildman–Crippen MR) is 88.5 cm³/mol. The molecule has 0 saturated heterocycles. The number of aryl methyl sites for hydroxylation is 2. The Morgan fingerprint density at radius 1 is 1.04 bits per heavy atom. The van der Waals surface area contributed by atoms with Gasteiger partial charge in [-0.25, -0.2) is 0 Å². The van der Waals surface area contributed by atoms with Crippen molar-refractivity contribution in [2.75, 3.05) is 6.61 Å². The van der Waals surface area contributed by atoms with Gasteiger partial charge >= 0.3 is 0 Å². The first-order valence-electron chi connectivity index (χ1n) is 7.00. The molecule has 0 aliphatic heterocycles. The van der Waals surface area contributed by atoms with E-state index < -0.39 is 11.8 Å². The molecule has 0 fully saturated rings. The Kier molecular flexibility index (Phi) is 5.60. The Labute approximate surface area is 139 Å². The molecular formula is C17H17ClN2O3. The molecule has 0 spiro atoms. The highest BCUT2D eigenvalue weighted by Gasteiger charge is 2.08. The van der Waals surface area contributed by atoms with Crippen molar-refractivity contribution in [2.45, 2.75) is 13.8 Å². The number of benzene rings is 2. The predicted octanol–water partition coefficient (Wildman–Crippen LogP) is 2.80. The average Bonchev–Trinajstić information content (AvgIpc) is 2.54. The molecule has 0 saturated carbocycles. The van der Waals surface area contributed by atoms with Crippen LogP contribution in [0.15, 0.2) is 42.5 Å². The molecule has 2 rings (SSSR count). The first-order chi connectivity index (χ1) is 11.0. The minimum Gasteiger partial charge on any atom is -0.483 e. The molecule has 0 aromatic heterocycles. The molecule has 0 unspecified atom stereocenters. The van der Waals surface area contributed by atoms with Crippen LogP contribution >= 0.6 is 11.6 Å². The molecule has 2 N–H and O–H groups in total. The number of hydrogen-bond acceptors (Lipinski definition) is 3. The Bertz CT molecular complexity index is 714. The summed E-state index contributed by atoms with van der Waals surface area (Å²) in [5, 5.41) is 0.535. The van der Waals surface area contributed by atoms with Gasteiger partial charge in [0.05, 0.1) is 0 Å². The second kappa shape index (κ2) is 7.65. The molecule has 2 aromatic carbocycles. The monoisotopic (exact) mass is 332 g/mol. The number of hydrazine groups is 1. The zero-order valence-corrected chi connectivity index (χ0v) is 13.6. The van der Waals surface area contributed by atoms with Gasteiger partial charge in [0.2, 0.25) is 0 Å². The Balaban J connectivity index is 1.82. The van der Waals surface area contributed by atoms with Crippen LogP contribution in [0, 0.1) is 13.8 Å². The molecule has 2 amide bonds. The van der Waals surface area contributed by atoms with Crippen molar-refractivity contribution in [1.29, 1.82) is 0 Å². The summed E-state index contributed by atoms with van der Waals surface area (Å²) < 4.78 is 5.45. The van der Waals surface area contributed by atoms with Crippen LogP contribution in [0.2, 0.25) is 5.02 Å². The summed E-state index contributed by atoms with van der Waals surface area (Å²) >= 11 is 5.75. The van der Waals surface area contributed by atoms with E-state index in [9.17, 15) is 9.59 Å². The second-order valence-electron chi connectivity index (χ2n) is 5.07. The van der Waals surface area contributed by atoms with Crippen molar-refractivity contribution in [3.63, 3.8) is 0 Å². The van der Waals surface area contributed by atoms with Crippen LogP contribution in [0.5, 0.6) is 5.75 Å². The molecule has 23 heavy (non-hydrogen) atoms. The van der Waals surface area contributed by atoms with E-state index in [4.69, 9.17) is 16.3 Å². The second-order valence-corrected chi connectivity index (χ2v) is 5.50. The summed E-state index contributed by atoms with van der Waals surface area (Å²) in [7, 11) is 0. The highest BCUT2D eigenvalue weighted by molar-refractivity contribution is 6.30. The third-order valence-electron chi connectivity index (χ3n) is 3.12. The van der Waals surface area contributed by atoms with Crippen LogP contribution in [-0.4, -0.2) is 18.4 Å². The van der Waals surface area contributed by atoms with Crippen molar-refractivity contribution in [1.82, 2.24) is 10.9 Å². The summed E-state index contributed by atoms with van der Waals surface area (Å²) in [5.41, 5.74) is 7.00. The van der Waals surface area contributed by atoms with Gasteiger partial charge in [0.15, 0.2) is 6.61 Å². The molecule has 0 bridgehead atoms. The van der Waals surface area contributed by atoms with Crippen LogP contribution < -0.4 is 15.6 Å². The third kappa shape index (κ3) is 5.00. The lowest BCUT2D eigenvalue weighted by molar-refractivity contribution is -0.123. The topological polar surface area (TPSA) is 67.4 Å². The molecular weight excluding hydrogens is 316 g/mol. The number of halogens is 1. The molecule has 5 nitrogen and oxygen atoms in total. The average molecular weight is 333 g/mol. The standard InChI is InChI=1S/C17H17ClN2O3/c1-11-3-4-12(2)15(9-11)23-10-16(21)19-20-17(22)13-5-7-14(18)8-6-13/h3-9H,10H2,1-2H3,(H,19,21)(H,20,22). The van der Waals surface area contributed by atoms with Crippen molar-refractivity contribution in [3.05, 3.63) is 64.2 Å². The summed E-state index contributed by atoms with van der Waals surface area (Å²) in [6.45, 7) is 3.65. The van der Waals surface area contributed by atoms with Crippen LogP contribution in [0.3, 0.4) is 0 Å². The zero-order valence-electron chi connectivity index (χ0n) is 12.9. The number of carbonyl (C=O) groups is 2. The summed E-state index contributed by atoms with van der Waals surface area (Å²) in [6, 6.07) is 12.1. The quantitative estimate of drug-likeness (QED) is 0.846. The maximum Gasteiger partial charge on any atom is 0.276 e. The maximum atomic E-state index is 11.8. The van der Waals surface area contributed by atoms with Gasteiger partial charge in [0, 0.05) is 10.6 Å². The largest absolute Gasteiger partial charge is 0.483 e. The van der Waals surface area contributed by atoms with E-state index >= 15 is 0 Å². The van der Waals surface area contributed by atoms with Gasteiger partial charge in [-0.15, -0.1) is 0 Å². The van der Waals surface area contributed by atoms with Crippen molar-refractivity contribution in [2.24, 2.45) is 0 Å². The lowest BCUT2D eigenvalue weighted by Crippen LogP contribution is -2.43. The fourth-order valence-corrected chi connectivity index (χ4v) is 1.97. The van der Waals surface area contributed by atoms with Gasteiger partial charge in [-0.3, -0.25) is 20.4 Å². The van der Waals surface area contributed by atoms with Crippen molar-refractivity contribution < 1.29 is 14.3 Å². The van der Waals surface area contributed by atoms with E-state index in [0.717, 1.165) is 11.1 Å². The molecule has 6 heteroatoms. The van der Waals surface area contributed by atoms with E-state index in [2.05, 4.69) is 10.9 Å². The molecule has 0 radical (unpaired) electrons. The highest BCUT2D eigenvalue weighted by atomic mass is 35.5. The lowest BCUT2D eigenvalue weighted by Gasteiger charge is -2.11. The van der Waals surface area contributed by atoms with Crippen molar-refractivity contribution >= 4 is 23.4 Å². The number of hydrogen-bond donors (Lipinski definition) is 2. The summed E-state index contributed by atoms with van der Waals surface area (Å²) in [5.74, 6) is -0.237. The molecule has 0 aliphatic carbocycles. The molecule has 2 aromatic rings. The Morgan fingerprint density at radius 3 is 2.43 bits per heavy atom. The number of amides is 2. The lowest BCUT2D eigenvalue weighted by atomic mass is 10.1. The molecule has 0 heterocycles. The van der Waals surface area contributed by atoms with Gasteiger partial charge in [-0.05, 0) is 55.3 Å². The van der Waals surface area contributed by atoms with E-state index in [0.29, 0.717) is 16.3 Å². The van der Waals surface area contributed by atoms with Crippen molar-refractivity contribution in [3.8, 4) is 5.75 Å². The minimum absolute atomic E-state index is 0.189. The Morgan fingerprint density at radius 2 is 1.74 bits per heavy atom. The first-order valence-corrected chi connectivity index (χ1v) is 7.38. The third-order valence-corrected chi connectivity index (χ3v) is 3.38. The van der Waals surface area contributed by atoms with Gasteiger partial charge in [-0.1, -0.05) is 23.7 Å². The summed E-state index contributed by atoms with van der Waals surface area (Å²) in [4.78, 5) is 23.6.